The van der Waals surface area contributed by atoms with E-state index in [1.54, 1.807) is 0 Å². The lowest BCUT2D eigenvalue weighted by Gasteiger charge is -2.37. The third-order valence-corrected chi connectivity index (χ3v) is 5.95. The van der Waals surface area contributed by atoms with Gasteiger partial charge < -0.3 is 14.7 Å². The number of carbonyl (C=O) groups is 1. The Bertz CT molecular complexity index is 1070. The normalized spacial score (nSPS) is 18.5. The Hall–Kier alpha value is -3.00. The van der Waals surface area contributed by atoms with Crippen LogP contribution in [0, 0.1) is 6.92 Å². The molecule has 1 atom stereocenters. The second kappa shape index (κ2) is 7.68. The monoisotopic (exact) mass is 406 g/mol. The summed E-state index contributed by atoms with van der Waals surface area (Å²) < 4.78 is 5.34. The van der Waals surface area contributed by atoms with E-state index in [0.717, 1.165) is 55.7 Å². The molecule has 8 heteroatoms. The molecular weight excluding hydrogens is 380 g/mol. The number of rotatable bonds is 5. The number of nitrogens with one attached hydrogen (secondary N) is 1. The molecule has 8 nitrogen and oxygen atoms in total. The van der Waals surface area contributed by atoms with Crippen molar-refractivity contribution in [3.8, 4) is 0 Å². The van der Waals surface area contributed by atoms with E-state index >= 15 is 0 Å². The SMILES string of the molecule is Cc1noc(C(C)N2CCN(c3cc(C(=O)NC4CC4)c4ccccc4n3)CC2)n1. The van der Waals surface area contributed by atoms with E-state index in [2.05, 4.69) is 32.2 Å². The molecule has 1 N–H and O–H groups in total. The summed E-state index contributed by atoms with van der Waals surface area (Å²) in [5.74, 6) is 2.17. The van der Waals surface area contributed by atoms with E-state index in [1.165, 1.54) is 0 Å². The Morgan fingerprint density at radius 2 is 1.93 bits per heavy atom. The van der Waals surface area contributed by atoms with Gasteiger partial charge >= 0.3 is 0 Å². The maximum atomic E-state index is 12.9. The van der Waals surface area contributed by atoms with Crippen molar-refractivity contribution in [2.45, 2.75) is 38.8 Å². The van der Waals surface area contributed by atoms with Crippen LogP contribution in [0.25, 0.3) is 10.9 Å². The highest BCUT2D eigenvalue weighted by atomic mass is 16.5. The van der Waals surface area contributed by atoms with Gasteiger partial charge in [0.1, 0.15) is 5.82 Å². The highest BCUT2D eigenvalue weighted by Crippen LogP contribution is 2.27. The summed E-state index contributed by atoms with van der Waals surface area (Å²) in [5.41, 5.74) is 1.56. The highest BCUT2D eigenvalue weighted by Gasteiger charge is 2.28. The van der Waals surface area contributed by atoms with Gasteiger partial charge in [-0.2, -0.15) is 4.98 Å². The standard InChI is InChI=1S/C22H26N6O2/c1-14(22-23-15(2)26-30-22)27-9-11-28(12-10-27)20-13-18(21(29)24-16-7-8-16)17-5-3-4-6-19(17)25-20/h3-6,13-14,16H,7-12H2,1-2H3,(H,24,29). The lowest BCUT2D eigenvalue weighted by Crippen LogP contribution is -2.47. The summed E-state index contributed by atoms with van der Waals surface area (Å²) in [6.45, 7) is 7.30. The Morgan fingerprint density at radius 3 is 2.63 bits per heavy atom. The van der Waals surface area contributed by atoms with Crippen LogP contribution in [0.4, 0.5) is 5.82 Å². The number of carbonyl (C=O) groups excluding carboxylic acids is 1. The third-order valence-electron chi connectivity index (χ3n) is 5.95. The van der Waals surface area contributed by atoms with Crippen molar-refractivity contribution in [2.75, 3.05) is 31.1 Å². The Labute approximate surface area is 175 Å². The predicted molar refractivity (Wildman–Crippen MR) is 113 cm³/mol. The van der Waals surface area contributed by atoms with Gasteiger partial charge in [-0.05, 0) is 38.8 Å². The van der Waals surface area contributed by atoms with Gasteiger partial charge in [-0.25, -0.2) is 4.98 Å². The molecule has 1 aliphatic heterocycles. The predicted octanol–water partition coefficient (Wildman–Crippen LogP) is 2.70. The largest absolute Gasteiger partial charge is 0.354 e. The molecule has 2 aliphatic rings. The minimum absolute atomic E-state index is 0.00336. The van der Waals surface area contributed by atoms with E-state index in [-0.39, 0.29) is 11.9 Å². The summed E-state index contributed by atoms with van der Waals surface area (Å²) >= 11 is 0. The minimum Gasteiger partial charge on any atom is -0.354 e. The van der Waals surface area contributed by atoms with Crippen LogP contribution in [0.3, 0.4) is 0 Å². The van der Waals surface area contributed by atoms with Crippen molar-refractivity contribution in [1.82, 2.24) is 25.3 Å². The molecule has 2 aromatic heterocycles. The molecule has 3 aromatic rings. The molecule has 5 rings (SSSR count). The van der Waals surface area contributed by atoms with Gasteiger partial charge in [-0.3, -0.25) is 9.69 Å². The van der Waals surface area contributed by atoms with Crippen molar-refractivity contribution < 1.29 is 9.32 Å². The van der Waals surface area contributed by atoms with Gasteiger partial charge in [0, 0.05) is 37.6 Å². The van der Waals surface area contributed by atoms with E-state index in [4.69, 9.17) is 9.51 Å². The van der Waals surface area contributed by atoms with Crippen molar-refractivity contribution in [3.63, 3.8) is 0 Å². The maximum Gasteiger partial charge on any atom is 0.252 e. The fraction of sp³-hybridized carbons (Fsp3) is 0.455. The van der Waals surface area contributed by atoms with Gasteiger partial charge in [0.2, 0.25) is 5.89 Å². The van der Waals surface area contributed by atoms with Crippen LogP contribution in [-0.2, 0) is 0 Å². The Balaban J connectivity index is 1.35. The summed E-state index contributed by atoms with van der Waals surface area (Å²) in [5, 5.41) is 7.92. The van der Waals surface area contributed by atoms with Gasteiger partial charge in [-0.15, -0.1) is 0 Å². The average molecular weight is 406 g/mol. The molecule has 156 valence electrons. The van der Waals surface area contributed by atoms with Crippen molar-refractivity contribution >= 4 is 22.6 Å². The Morgan fingerprint density at radius 1 is 1.17 bits per heavy atom. The summed E-state index contributed by atoms with van der Waals surface area (Å²) in [6, 6.07) is 10.2. The van der Waals surface area contributed by atoms with Crippen molar-refractivity contribution in [2.24, 2.45) is 0 Å². The van der Waals surface area contributed by atoms with Crippen LogP contribution in [0.1, 0.15) is 47.9 Å². The first-order valence-electron chi connectivity index (χ1n) is 10.6. The van der Waals surface area contributed by atoms with Crippen LogP contribution in [0.15, 0.2) is 34.9 Å². The number of nitrogens with zero attached hydrogens (tertiary/aromatic N) is 5. The second-order valence-corrected chi connectivity index (χ2v) is 8.17. The molecule has 30 heavy (non-hydrogen) atoms. The zero-order valence-corrected chi connectivity index (χ0v) is 17.3. The van der Waals surface area contributed by atoms with E-state index in [0.29, 0.717) is 23.3 Å². The van der Waals surface area contributed by atoms with E-state index in [9.17, 15) is 4.79 Å². The summed E-state index contributed by atoms with van der Waals surface area (Å²) in [7, 11) is 0. The van der Waals surface area contributed by atoms with E-state index in [1.807, 2.05) is 37.3 Å². The molecule has 1 amide bonds. The average Bonchev–Trinajstić information content (AvgIpc) is 3.49. The van der Waals surface area contributed by atoms with Crippen LogP contribution < -0.4 is 10.2 Å². The maximum absolute atomic E-state index is 12.9. The molecule has 1 aromatic carbocycles. The topological polar surface area (TPSA) is 87.4 Å². The number of hydrogen-bond donors (Lipinski definition) is 1. The molecule has 3 heterocycles. The number of para-hydroxylation sites is 1. The Kier molecular flexibility index (Phi) is 4.86. The molecule has 0 spiro atoms. The number of benzene rings is 1. The second-order valence-electron chi connectivity index (χ2n) is 8.17. The number of aryl methyl sites for hydroxylation is 1. The van der Waals surface area contributed by atoms with Crippen molar-refractivity contribution in [1.29, 1.82) is 0 Å². The number of aromatic nitrogens is 3. The highest BCUT2D eigenvalue weighted by molar-refractivity contribution is 6.07. The molecule has 1 saturated heterocycles. The first-order chi connectivity index (χ1) is 14.6. The first kappa shape index (κ1) is 19.0. The third kappa shape index (κ3) is 3.75. The number of piperazine rings is 1. The number of pyridine rings is 1. The summed E-state index contributed by atoms with van der Waals surface area (Å²) in [4.78, 5) is 26.7. The zero-order chi connectivity index (χ0) is 20.7. The lowest BCUT2D eigenvalue weighted by atomic mass is 10.1. The molecule has 2 fully saturated rings. The number of fused-ring (bicyclic) bond motifs is 1. The molecule has 0 radical (unpaired) electrons. The minimum atomic E-state index is -0.00336. The van der Waals surface area contributed by atoms with Crippen molar-refractivity contribution in [3.05, 3.63) is 47.6 Å². The summed E-state index contributed by atoms with van der Waals surface area (Å²) in [6.07, 6.45) is 2.14. The molecule has 1 saturated carbocycles. The fourth-order valence-electron chi connectivity index (χ4n) is 3.98. The quantitative estimate of drug-likeness (QED) is 0.697. The van der Waals surface area contributed by atoms with Crippen LogP contribution in [-0.4, -0.2) is 58.2 Å². The van der Waals surface area contributed by atoms with Gasteiger partial charge in [-0.1, -0.05) is 23.4 Å². The van der Waals surface area contributed by atoms with E-state index < -0.39 is 0 Å². The lowest BCUT2D eigenvalue weighted by molar-refractivity contribution is 0.0952. The fourth-order valence-corrected chi connectivity index (χ4v) is 3.98. The molecule has 1 unspecified atom stereocenters. The van der Waals surface area contributed by atoms with Gasteiger partial charge in [0.25, 0.3) is 5.91 Å². The van der Waals surface area contributed by atoms with Gasteiger partial charge in [0.05, 0.1) is 17.1 Å². The number of amides is 1. The number of hydrogen-bond acceptors (Lipinski definition) is 7. The first-order valence-corrected chi connectivity index (χ1v) is 10.6. The smallest absolute Gasteiger partial charge is 0.252 e. The molecular formula is C22H26N6O2. The molecule has 1 aliphatic carbocycles. The number of anilines is 1. The van der Waals surface area contributed by atoms with Crippen LogP contribution in [0.5, 0.6) is 0 Å². The van der Waals surface area contributed by atoms with Gasteiger partial charge in [0.15, 0.2) is 5.82 Å². The zero-order valence-electron chi connectivity index (χ0n) is 17.3. The van der Waals surface area contributed by atoms with Crippen LogP contribution >= 0.6 is 0 Å². The molecule has 0 bridgehead atoms. The van der Waals surface area contributed by atoms with Crippen LogP contribution in [0.2, 0.25) is 0 Å².